The Kier molecular flexibility index (Phi) is 4.44. The van der Waals surface area contributed by atoms with Gasteiger partial charge in [0.1, 0.15) is 24.1 Å². The second-order valence-electron chi connectivity index (χ2n) is 6.88. The molecule has 0 aliphatic rings. The molecule has 30 heavy (non-hydrogen) atoms. The van der Waals surface area contributed by atoms with Crippen LogP contribution < -0.4 is 5.32 Å². The average molecular weight is 399 g/mol. The minimum absolute atomic E-state index is 0.284. The number of hydrogen-bond donors (Lipinski definition) is 1. The first kappa shape index (κ1) is 18.0. The first-order valence-electron chi connectivity index (χ1n) is 9.46. The van der Waals surface area contributed by atoms with Gasteiger partial charge in [-0.25, -0.2) is 14.4 Å². The number of rotatable bonds is 5. The van der Waals surface area contributed by atoms with Gasteiger partial charge in [-0.05, 0) is 55.0 Å². The van der Waals surface area contributed by atoms with Crippen molar-refractivity contribution >= 4 is 16.9 Å². The topological polar surface area (TPSA) is 73.5 Å². The molecule has 5 rings (SSSR count). The van der Waals surface area contributed by atoms with Gasteiger partial charge >= 0.3 is 0 Å². The van der Waals surface area contributed by atoms with Gasteiger partial charge in [-0.1, -0.05) is 0 Å². The maximum absolute atomic E-state index is 13.5. The van der Waals surface area contributed by atoms with Crippen molar-refractivity contribution in [2.24, 2.45) is 0 Å². The van der Waals surface area contributed by atoms with Crippen LogP contribution in [0, 0.1) is 12.7 Å². The van der Waals surface area contributed by atoms with E-state index in [0.717, 1.165) is 39.5 Å². The van der Waals surface area contributed by atoms with Crippen LogP contribution in [0.4, 0.5) is 10.2 Å². The lowest BCUT2D eigenvalue weighted by atomic mass is 10.1. The van der Waals surface area contributed by atoms with Gasteiger partial charge < -0.3 is 5.32 Å². The van der Waals surface area contributed by atoms with Gasteiger partial charge in [0.05, 0.1) is 17.2 Å². The monoisotopic (exact) mass is 399 g/mol. The fraction of sp³-hybridized carbons (Fsp3) is 0.0909. The minimum atomic E-state index is -0.284. The summed E-state index contributed by atoms with van der Waals surface area (Å²) in [5.74, 6) is 1.19. The number of aromatic nitrogens is 6. The van der Waals surface area contributed by atoms with E-state index in [4.69, 9.17) is 4.98 Å². The zero-order chi connectivity index (χ0) is 20.5. The van der Waals surface area contributed by atoms with E-state index in [0.29, 0.717) is 6.67 Å². The number of pyridine rings is 2. The van der Waals surface area contributed by atoms with Gasteiger partial charge in [-0.3, -0.25) is 14.2 Å². The molecule has 8 heteroatoms. The van der Waals surface area contributed by atoms with Gasteiger partial charge in [0, 0.05) is 36.0 Å². The van der Waals surface area contributed by atoms with Crippen LogP contribution >= 0.6 is 0 Å². The third kappa shape index (κ3) is 3.28. The van der Waals surface area contributed by atoms with Crippen molar-refractivity contribution in [1.82, 2.24) is 29.3 Å². The summed E-state index contributed by atoms with van der Waals surface area (Å²) in [6.45, 7) is 2.54. The summed E-state index contributed by atoms with van der Waals surface area (Å²) in [6.07, 6.45) is 8.89. The number of fused-ring (bicyclic) bond motifs is 1. The van der Waals surface area contributed by atoms with Crippen LogP contribution in [-0.4, -0.2) is 29.3 Å². The number of imidazole rings is 1. The highest BCUT2D eigenvalue weighted by atomic mass is 19.1. The van der Waals surface area contributed by atoms with Crippen LogP contribution in [0.2, 0.25) is 0 Å². The van der Waals surface area contributed by atoms with E-state index < -0.39 is 0 Å². The minimum Gasteiger partial charge on any atom is -0.351 e. The smallest absolute Gasteiger partial charge is 0.147 e. The van der Waals surface area contributed by atoms with E-state index >= 15 is 0 Å². The second-order valence-corrected chi connectivity index (χ2v) is 6.88. The van der Waals surface area contributed by atoms with Crippen molar-refractivity contribution < 1.29 is 4.39 Å². The van der Waals surface area contributed by atoms with Crippen LogP contribution in [0.3, 0.4) is 0 Å². The maximum Gasteiger partial charge on any atom is 0.147 e. The number of halogens is 1. The van der Waals surface area contributed by atoms with E-state index in [9.17, 15) is 4.39 Å². The van der Waals surface area contributed by atoms with Gasteiger partial charge in [0.2, 0.25) is 0 Å². The molecule has 0 radical (unpaired) electrons. The third-order valence-corrected chi connectivity index (χ3v) is 4.87. The molecule has 0 bridgehead atoms. The maximum atomic E-state index is 13.5. The zero-order valence-corrected chi connectivity index (χ0v) is 16.2. The molecule has 4 heterocycles. The molecule has 0 aliphatic heterocycles. The van der Waals surface area contributed by atoms with Crippen LogP contribution in [0.5, 0.6) is 0 Å². The van der Waals surface area contributed by atoms with Gasteiger partial charge in [-0.15, -0.1) is 0 Å². The predicted molar refractivity (Wildman–Crippen MR) is 113 cm³/mol. The quantitative estimate of drug-likeness (QED) is 0.480. The van der Waals surface area contributed by atoms with E-state index in [2.05, 4.69) is 20.4 Å². The van der Waals surface area contributed by atoms with Gasteiger partial charge in [0.15, 0.2) is 0 Å². The standard InChI is InChI=1S/C22H18FN7/c1-15-11-21(26-14-29-10-2-8-27-29)25-12-18(15)22-28-19-7-9-24-13-20(19)30(22)17-5-3-16(23)4-6-17/h2-13H,14H2,1H3,(H,25,26). The Morgan fingerprint density at radius 2 is 1.93 bits per heavy atom. The van der Waals surface area contributed by atoms with E-state index in [1.807, 2.05) is 35.9 Å². The Balaban J connectivity index is 1.57. The van der Waals surface area contributed by atoms with Crippen LogP contribution in [0.1, 0.15) is 5.56 Å². The highest BCUT2D eigenvalue weighted by Gasteiger charge is 2.17. The van der Waals surface area contributed by atoms with Gasteiger partial charge in [-0.2, -0.15) is 5.10 Å². The number of nitrogens with zero attached hydrogens (tertiary/aromatic N) is 6. The Labute approximate surface area is 171 Å². The van der Waals surface area contributed by atoms with Crippen molar-refractivity contribution in [1.29, 1.82) is 0 Å². The fourth-order valence-electron chi connectivity index (χ4n) is 3.40. The molecule has 0 saturated carbocycles. The molecular formula is C22H18FN7. The number of nitrogens with one attached hydrogen (secondary N) is 1. The Morgan fingerprint density at radius 1 is 1.07 bits per heavy atom. The van der Waals surface area contributed by atoms with Crippen molar-refractivity contribution in [2.45, 2.75) is 13.6 Å². The summed E-state index contributed by atoms with van der Waals surface area (Å²) < 4.78 is 17.2. The Hall–Kier alpha value is -4.07. The van der Waals surface area contributed by atoms with Crippen molar-refractivity contribution in [3.63, 3.8) is 0 Å². The first-order chi connectivity index (χ1) is 14.7. The Bertz CT molecular complexity index is 1310. The summed E-state index contributed by atoms with van der Waals surface area (Å²) in [5.41, 5.74) is 4.37. The highest BCUT2D eigenvalue weighted by Crippen LogP contribution is 2.30. The molecule has 0 unspecified atom stereocenters. The highest BCUT2D eigenvalue weighted by molar-refractivity contribution is 5.83. The van der Waals surface area contributed by atoms with E-state index in [1.165, 1.54) is 12.1 Å². The van der Waals surface area contributed by atoms with Crippen molar-refractivity contribution in [3.05, 3.63) is 84.8 Å². The molecule has 1 aromatic carbocycles. The molecule has 0 spiro atoms. The lowest BCUT2D eigenvalue weighted by Crippen LogP contribution is -2.09. The summed E-state index contributed by atoms with van der Waals surface area (Å²) >= 11 is 0. The SMILES string of the molecule is Cc1cc(NCn2cccn2)ncc1-c1nc2ccncc2n1-c1ccc(F)cc1. The van der Waals surface area contributed by atoms with Crippen LogP contribution in [-0.2, 0) is 6.67 Å². The predicted octanol–water partition coefficient (Wildman–Crippen LogP) is 4.20. The number of benzene rings is 1. The summed E-state index contributed by atoms with van der Waals surface area (Å²) in [4.78, 5) is 13.6. The fourth-order valence-corrected chi connectivity index (χ4v) is 3.40. The molecule has 4 aromatic heterocycles. The lowest BCUT2D eigenvalue weighted by molar-refractivity contribution is 0.627. The van der Waals surface area contributed by atoms with E-state index in [-0.39, 0.29) is 5.82 Å². The average Bonchev–Trinajstić information content (AvgIpc) is 3.41. The molecule has 0 atom stereocenters. The van der Waals surface area contributed by atoms with Crippen molar-refractivity contribution in [2.75, 3.05) is 5.32 Å². The van der Waals surface area contributed by atoms with E-state index in [1.54, 1.807) is 41.6 Å². The normalized spacial score (nSPS) is 11.1. The summed E-state index contributed by atoms with van der Waals surface area (Å²) in [6, 6.07) is 12.1. The molecule has 5 aromatic rings. The molecular weight excluding hydrogens is 381 g/mol. The largest absolute Gasteiger partial charge is 0.351 e. The molecule has 0 fully saturated rings. The molecule has 0 saturated heterocycles. The molecule has 0 amide bonds. The molecule has 148 valence electrons. The summed E-state index contributed by atoms with van der Waals surface area (Å²) in [7, 11) is 0. The second kappa shape index (κ2) is 7.40. The molecule has 0 aliphatic carbocycles. The lowest BCUT2D eigenvalue weighted by Gasteiger charge is -2.12. The third-order valence-electron chi connectivity index (χ3n) is 4.87. The summed E-state index contributed by atoms with van der Waals surface area (Å²) in [5, 5.41) is 7.43. The van der Waals surface area contributed by atoms with Crippen molar-refractivity contribution in [3.8, 4) is 17.1 Å². The zero-order valence-electron chi connectivity index (χ0n) is 16.2. The Morgan fingerprint density at radius 3 is 2.70 bits per heavy atom. The number of anilines is 1. The van der Waals surface area contributed by atoms with Crippen LogP contribution in [0.15, 0.2) is 73.4 Å². The first-order valence-corrected chi connectivity index (χ1v) is 9.46. The molecule has 1 N–H and O–H groups in total. The number of aryl methyl sites for hydroxylation is 1. The van der Waals surface area contributed by atoms with Crippen LogP contribution in [0.25, 0.3) is 28.1 Å². The molecule has 7 nitrogen and oxygen atoms in total. The number of hydrogen-bond acceptors (Lipinski definition) is 5. The van der Waals surface area contributed by atoms with Gasteiger partial charge in [0.25, 0.3) is 0 Å².